The topological polar surface area (TPSA) is 82.5 Å². The van der Waals surface area contributed by atoms with Gasteiger partial charge in [-0.3, -0.25) is 14.8 Å². The third-order valence-electron chi connectivity index (χ3n) is 3.97. The lowest BCUT2D eigenvalue weighted by atomic mass is 10.2. The minimum atomic E-state index is 0.00446. The van der Waals surface area contributed by atoms with Crippen molar-refractivity contribution in [3.05, 3.63) is 45.7 Å². The maximum absolute atomic E-state index is 12.3. The molecule has 0 radical (unpaired) electrons. The van der Waals surface area contributed by atoms with Crippen LogP contribution in [-0.4, -0.2) is 53.9 Å². The number of aromatic nitrogens is 2. The van der Waals surface area contributed by atoms with Crippen LogP contribution < -0.4 is 10.6 Å². The number of thiazole rings is 1. The zero-order valence-corrected chi connectivity index (χ0v) is 16.6. The van der Waals surface area contributed by atoms with E-state index < -0.39 is 0 Å². The first-order chi connectivity index (χ1) is 12.5. The Kier molecular flexibility index (Phi) is 7.53. The van der Waals surface area contributed by atoms with Crippen molar-refractivity contribution < 1.29 is 4.79 Å². The molecular weight excluding hydrogens is 348 g/mol. The second kappa shape index (κ2) is 9.86. The molecule has 0 bridgehead atoms. The highest BCUT2D eigenvalue weighted by Crippen LogP contribution is 2.15. The van der Waals surface area contributed by atoms with E-state index in [-0.39, 0.29) is 12.5 Å². The average Bonchev–Trinajstić information content (AvgIpc) is 2.98. The lowest BCUT2D eigenvalue weighted by Crippen LogP contribution is -2.43. The van der Waals surface area contributed by atoms with Gasteiger partial charge in [0.25, 0.3) is 0 Å². The Hall–Kier alpha value is -2.48. The molecule has 0 spiro atoms. The van der Waals surface area contributed by atoms with Crippen molar-refractivity contribution in [2.24, 2.45) is 4.99 Å². The molecular formula is C18H26N6OS. The minimum Gasteiger partial charge on any atom is -0.350 e. The maximum atomic E-state index is 12.3. The smallest absolute Gasteiger partial charge is 0.241 e. The quantitative estimate of drug-likeness (QED) is 0.567. The number of nitrogens with one attached hydrogen (secondary N) is 2. The second-order valence-corrected chi connectivity index (χ2v) is 7.20. The normalized spacial score (nSPS) is 11.3. The zero-order chi connectivity index (χ0) is 18.9. The summed E-state index contributed by atoms with van der Waals surface area (Å²) < 4.78 is 0. The fourth-order valence-electron chi connectivity index (χ4n) is 2.24. The number of carbonyl (C=O) groups is 1. The fourth-order valence-corrected chi connectivity index (χ4v) is 3.12. The first kappa shape index (κ1) is 19.8. The van der Waals surface area contributed by atoms with Gasteiger partial charge < -0.3 is 15.5 Å². The van der Waals surface area contributed by atoms with E-state index in [1.807, 2.05) is 25.1 Å². The van der Waals surface area contributed by atoms with E-state index in [1.165, 1.54) is 4.88 Å². The average molecular weight is 375 g/mol. The van der Waals surface area contributed by atoms with E-state index >= 15 is 0 Å². The number of hydrogen-bond acceptors (Lipinski definition) is 5. The van der Waals surface area contributed by atoms with Crippen molar-refractivity contribution in [1.29, 1.82) is 0 Å². The van der Waals surface area contributed by atoms with Crippen LogP contribution in [-0.2, 0) is 17.8 Å². The van der Waals surface area contributed by atoms with E-state index in [0.29, 0.717) is 19.0 Å². The van der Waals surface area contributed by atoms with Crippen LogP contribution in [0.2, 0.25) is 0 Å². The van der Waals surface area contributed by atoms with Gasteiger partial charge >= 0.3 is 0 Å². The molecule has 26 heavy (non-hydrogen) atoms. The van der Waals surface area contributed by atoms with E-state index in [1.54, 1.807) is 36.5 Å². The number of guanidine groups is 1. The van der Waals surface area contributed by atoms with Gasteiger partial charge in [-0.25, -0.2) is 4.98 Å². The van der Waals surface area contributed by atoms with Crippen LogP contribution in [0.15, 0.2) is 29.4 Å². The number of amides is 1. The van der Waals surface area contributed by atoms with Crippen LogP contribution in [0.3, 0.4) is 0 Å². The van der Waals surface area contributed by atoms with E-state index in [0.717, 1.165) is 22.8 Å². The number of rotatable bonds is 7. The lowest BCUT2D eigenvalue weighted by Gasteiger charge is -2.18. The van der Waals surface area contributed by atoms with E-state index in [4.69, 9.17) is 0 Å². The van der Waals surface area contributed by atoms with Crippen LogP contribution in [0.5, 0.6) is 0 Å². The van der Waals surface area contributed by atoms with Crippen molar-refractivity contribution in [3.8, 4) is 0 Å². The molecule has 0 aliphatic carbocycles. The molecule has 1 amide bonds. The number of nitrogens with zero attached hydrogens (tertiary/aromatic N) is 4. The summed E-state index contributed by atoms with van der Waals surface area (Å²) in [6.07, 6.45) is 2.50. The Bertz CT molecular complexity index is 724. The number of aryl methyl sites for hydroxylation is 2. The van der Waals surface area contributed by atoms with Gasteiger partial charge in [0, 0.05) is 43.8 Å². The van der Waals surface area contributed by atoms with Gasteiger partial charge in [0.15, 0.2) is 5.96 Å². The van der Waals surface area contributed by atoms with E-state index in [9.17, 15) is 4.79 Å². The first-order valence-corrected chi connectivity index (χ1v) is 9.32. The predicted octanol–water partition coefficient (Wildman–Crippen LogP) is 1.52. The van der Waals surface area contributed by atoms with Gasteiger partial charge in [0.2, 0.25) is 5.91 Å². The van der Waals surface area contributed by atoms with E-state index in [2.05, 4.69) is 32.5 Å². The van der Waals surface area contributed by atoms with Crippen molar-refractivity contribution in [2.45, 2.75) is 26.8 Å². The Labute approximate surface area is 158 Å². The summed E-state index contributed by atoms with van der Waals surface area (Å²) in [4.78, 5) is 28.1. The van der Waals surface area contributed by atoms with Gasteiger partial charge in [0.1, 0.15) is 5.01 Å². The number of pyridine rings is 1. The second-order valence-electron chi connectivity index (χ2n) is 5.91. The predicted molar refractivity (Wildman–Crippen MR) is 105 cm³/mol. The van der Waals surface area contributed by atoms with Gasteiger partial charge in [-0.15, -0.1) is 11.3 Å². The minimum absolute atomic E-state index is 0.00446. The Morgan fingerprint density at radius 2 is 2.12 bits per heavy atom. The maximum Gasteiger partial charge on any atom is 0.241 e. The molecule has 0 unspecified atom stereocenters. The summed E-state index contributed by atoms with van der Waals surface area (Å²) in [6, 6.07) is 5.80. The Morgan fingerprint density at radius 3 is 2.73 bits per heavy atom. The molecule has 140 valence electrons. The van der Waals surface area contributed by atoms with Gasteiger partial charge in [-0.2, -0.15) is 0 Å². The Balaban J connectivity index is 1.73. The first-order valence-electron chi connectivity index (χ1n) is 8.51. The summed E-state index contributed by atoms with van der Waals surface area (Å²) in [7, 11) is 3.48. The highest BCUT2D eigenvalue weighted by molar-refractivity contribution is 7.11. The van der Waals surface area contributed by atoms with Crippen LogP contribution in [0, 0.1) is 13.8 Å². The molecule has 0 fully saturated rings. The molecule has 2 aromatic heterocycles. The summed E-state index contributed by atoms with van der Waals surface area (Å²) in [5, 5.41) is 7.23. The molecule has 2 heterocycles. The van der Waals surface area contributed by atoms with Crippen molar-refractivity contribution in [3.63, 3.8) is 0 Å². The molecule has 0 atom stereocenters. The molecule has 7 nitrogen and oxygen atoms in total. The SMILES string of the molecule is CN=C(NCC(=O)N(C)CCc1ccccn1)NCc1nc(C)c(C)s1. The van der Waals surface area contributed by atoms with Gasteiger partial charge in [-0.05, 0) is 26.0 Å². The van der Waals surface area contributed by atoms with Crippen molar-refractivity contribution in [1.82, 2.24) is 25.5 Å². The fraction of sp³-hybridized carbons (Fsp3) is 0.444. The molecule has 2 rings (SSSR count). The van der Waals surface area contributed by atoms with Crippen LogP contribution in [0.1, 0.15) is 21.3 Å². The standard InChI is InChI=1S/C18H26N6OS/c1-13-14(2)26-16(23-13)11-21-18(19-3)22-12-17(25)24(4)10-8-15-7-5-6-9-20-15/h5-7,9H,8,10-12H2,1-4H3,(H2,19,21,22). The van der Waals surface area contributed by atoms with Gasteiger partial charge in [0.05, 0.1) is 18.8 Å². The summed E-state index contributed by atoms with van der Waals surface area (Å²) in [6.45, 7) is 5.46. The third-order valence-corrected chi connectivity index (χ3v) is 5.04. The lowest BCUT2D eigenvalue weighted by molar-refractivity contribution is -0.128. The highest BCUT2D eigenvalue weighted by Gasteiger charge is 2.10. The molecule has 8 heteroatoms. The molecule has 0 aromatic carbocycles. The van der Waals surface area contributed by atoms with Crippen LogP contribution >= 0.6 is 11.3 Å². The number of carbonyl (C=O) groups excluding carboxylic acids is 1. The molecule has 0 aliphatic rings. The highest BCUT2D eigenvalue weighted by atomic mass is 32.1. The molecule has 0 aliphatic heterocycles. The zero-order valence-electron chi connectivity index (χ0n) is 15.7. The number of likely N-dealkylation sites (N-methyl/N-ethyl adjacent to an activating group) is 1. The van der Waals surface area contributed by atoms with Crippen molar-refractivity contribution in [2.75, 3.05) is 27.2 Å². The molecule has 0 saturated heterocycles. The monoisotopic (exact) mass is 374 g/mol. The van der Waals surface area contributed by atoms with Crippen LogP contribution in [0.4, 0.5) is 0 Å². The van der Waals surface area contributed by atoms with Crippen molar-refractivity contribution >= 4 is 23.2 Å². The molecule has 0 saturated carbocycles. The summed E-state index contributed by atoms with van der Waals surface area (Å²) in [5.74, 6) is 0.590. The summed E-state index contributed by atoms with van der Waals surface area (Å²) >= 11 is 1.66. The van der Waals surface area contributed by atoms with Crippen LogP contribution in [0.25, 0.3) is 0 Å². The largest absolute Gasteiger partial charge is 0.350 e. The number of hydrogen-bond donors (Lipinski definition) is 2. The Morgan fingerprint density at radius 1 is 1.31 bits per heavy atom. The third kappa shape index (κ3) is 6.11. The molecule has 2 N–H and O–H groups in total. The van der Waals surface area contributed by atoms with Gasteiger partial charge in [-0.1, -0.05) is 6.07 Å². The summed E-state index contributed by atoms with van der Waals surface area (Å²) in [5.41, 5.74) is 2.03. The molecule has 2 aromatic rings. The number of aliphatic imine (C=N–C) groups is 1.